The van der Waals surface area contributed by atoms with Crippen molar-refractivity contribution in [2.45, 2.75) is 13.0 Å². The highest BCUT2D eigenvalue weighted by molar-refractivity contribution is 7.10. The van der Waals surface area contributed by atoms with Gasteiger partial charge in [-0.1, -0.05) is 18.2 Å². The maximum Gasteiger partial charge on any atom is 0.295 e. The average Bonchev–Trinajstić information content (AvgIpc) is 3.28. The fraction of sp³-hybridized carbons (Fsp3) is 0.300. The van der Waals surface area contributed by atoms with Crippen LogP contribution in [0.4, 0.5) is 0 Å². The van der Waals surface area contributed by atoms with Crippen molar-refractivity contribution in [3.8, 4) is 5.75 Å². The molecule has 1 aliphatic rings. The first-order chi connectivity index (χ1) is 13.1. The highest BCUT2D eigenvalue weighted by Gasteiger charge is 2.46. The van der Waals surface area contributed by atoms with Crippen LogP contribution >= 0.6 is 11.3 Å². The summed E-state index contributed by atoms with van der Waals surface area (Å²) >= 11 is 1.43. The minimum atomic E-state index is -0.691. The molecule has 3 rings (SSSR count). The molecule has 2 aromatic rings. The fourth-order valence-electron chi connectivity index (χ4n) is 3.10. The van der Waals surface area contributed by atoms with Crippen LogP contribution in [0.15, 0.2) is 47.4 Å². The molecule has 1 aliphatic heterocycles. The van der Waals surface area contributed by atoms with Gasteiger partial charge >= 0.3 is 0 Å². The van der Waals surface area contributed by atoms with Gasteiger partial charge in [0.25, 0.3) is 11.7 Å². The van der Waals surface area contributed by atoms with Gasteiger partial charge in [0.15, 0.2) is 0 Å². The summed E-state index contributed by atoms with van der Waals surface area (Å²) in [5, 5.41) is 12.8. The number of carbonyl (C=O) groups excluding carboxylic acids is 2. The number of hydrogen-bond donors (Lipinski definition) is 1. The molecule has 1 amide bonds. The van der Waals surface area contributed by atoms with Gasteiger partial charge in [-0.05, 0) is 30.5 Å². The van der Waals surface area contributed by atoms with E-state index in [2.05, 4.69) is 0 Å². The minimum absolute atomic E-state index is 0.0900. The van der Waals surface area contributed by atoms with E-state index in [0.717, 1.165) is 4.88 Å². The van der Waals surface area contributed by atoms with Crippen LogP contribution < -0.4 is 4.74 Å². The minimum Gasteiger partial charge on any atom is -0.507 e. The van der Waals surface area contributed by atoms with Crippen molar-refractivity contribution in [3.63, 3.8) is 0 Å². The summed E-state index contributed by atoms with van der Waals surface area (Å²) in [6, 6.07) is 9.93. The van der Waals surface area contributed by atoms with Gasteiger partial charge in [-0.15, -0.1) is 11.3 Å². The zero-order valence-electron chi connectivity index (χ0n) is 15.2. The lowest BCUT2D eigenvalue weighted by Crippen LogP contribution is -2.32. The van der Waals surface area contributed by atoms with Crippen LogP contribution in [0.1, 0.15) is 23.4 Å². The number of ether oxygens (including phenoxy) is 2. The lowest BCUT2D eigenvalue weighted by Gasteiger charge is -2.23. The molecule has 7 heteroatoms. The molecule has 142 valence electrons. The molecule has 0 unspecified atom stereocenters. The smallest absolute Gasteiger partial charge is 0.295 e. The number of hydrogen-bond acceptors (Lipinski definition) is 6. The molecule has 27 heavy (non-hydrogen) atoms. The number of methoxy groups -OCH3 is 1. The van der Waals surface area contributed by atoms with Gasteiger partial charge in [-0.3, -0.25) is 9.59 Å². The van der Waals surface area contributed by atoms with Crippen LogP contribution in [0.3, 0.4) is 0 Å². The molecule has 0 aliphatic carbocycles. The van der Waals surface area contributed by atoms with Crippen LogP contribution in [0.25, 0.3) is 5.76 Å². The Morgan fingerprint density at radius 1 is 1.26 bits per heavy atom. The third kappa shape index (κ3) is 3.74. The van der Waals surface area contributed by atoms with Crippen molar-refractivity contribution in [1.29, 1.82) is 0 Å². The molecule has 1 N–H and O–H groups in total. The lowest BCUT2D eigenvalue weighted by molar-refractivity contribution is -0.140. The summed E-state index contributed by atoms with van der Waals surface area (Å²) in [6.45, 7) is 2.92. The SMILES string of the molecule is CCOc1cccc(C(O)=C2C(=O)C(=O)N(CCOC)[C@H]2c2cccs2)c1. The van der Waals surface area contributed by atoms with Crippen molar-refractivity contribution >= 4 is 28.8 Å². The number of aliphatic hydroxyl groups is 1. The Hall–Kier alpha value is -2.64. The Labute approximate surface area is 161 Å². The predicted octanol–water partition coefficient (Wildman–Crippen LogP) is 3.21. The Morgan fingerprint density at radius 2 is 2.07 bits per heavy atom. The van der Waals surface area contributed by atoms with Crippen LogP contribution in [0, 0.1) is 0 Å². The number of Topliss-reactive ketones (excluding diaryl/α,β-unsaturated/α-hetero) is 1. The predicted molar refractivity (Wildman–Crippen MR) is 103 cm³/mol. The quantitative estimate of drug-likeness (QED) is 0.448. The van der Waals surface area contributed by atoms with E-state index in [9.17, 15) is 14.7 Å². The van der Waals surface area contributed by atoms with Crippen molar-refractivity contribution in [3.05, 3.63) is 57.8 Å². The van der Waals surface area contributed by atoms with E-state index < -0.39 is 17.7 Å². The number of benzene rings is 1. The fourth-order valence-corrected chi connectivity index (χ4v) is 3.94. The van der Waals surface area contributed by atoms with Gasteiger partial charge in [0.1, 0.15) is 11.5 Å². The summed E-state index contributed by atoms with van der Waals surface area (Å²) in [5.74, 6) is -0.937. The van der Waals surface area contributed by atoms with Crippen LogP contribution in [-0.2, 0) is 14.3 Å². The topological polar surface area (TPSA) is 76.1 Å². The summed E-state index contributed by atoms with van der Waals surface area (Å²) in [4.78, 5) is 27.6. The maximum absolute atomic E-state index is 12.7. The lowest BCUT2D eigenvalue weighted by atomic mass is 10.00. The van der Waals surface area contributed by atoms with Crippen molar-refractivity contribution in [2.24, 2.45) is 0 Å². The molecular formula is C20H21NO5S. The second-order valence-electron chi connectivity index (χ2n) is 5.96. The number of thiophene rings is 1. The summed E-state index contributed by atoms with van der Waals surface area (Å²) in [5.41, 5.74) is 0.527. The number of ketones is 1. The average molecular weight is 387 g/mol. The Morgan fingerprint density at radius 3 is 2.74 bits per heavy atom. The van der Waals surface area contributed by atoms with E-state index in [0.29, 0.717) is 24.5 Å². The van der Waals surface area contributed by atoms with Crippen molar-refractivity contribution in [2.75, 3.05) is 26.9 Å². The van der Waals surface area contributed by atoms with Gasteiger partial charge in [-0.2, -0.15) is 0 Å². The van der Waals surface area contributed by atoms with E-state index in [1.54, 1.807) is 24.3 Å². The van der Waals surface area contributed by atoms with E-state index in [4.69, 9.17) is 9.47 Å². The summed E-state index contributed by atoms with van der Waals surface area (Å²) < 4.78 is 10.5. The molecule has 0 spiro atoms. The van der Waals surface area contributed by atoms with Gasteiger partial charge in [0, 0.05) is 24.1 Å². The van der Waals surface area contributed by atoms with E-state index >= 15 is 0 Å². The second-order valence-corrected chi connectivity index (χ2v) is 6.94. The Bertz CT molecular complexity index is 859. The van der Waals surface area contributed by atoms with E-state index in [-0.39, 0.29) is 17.9 Å². The largest absolute Gasteiger partial charge is 0.507 e. The first-order valence-electron chi connectivity index (χ1n) is 8.62. The zero-order chi connectivity index (χ0) is 19.4. The Kier molecular flexibility index (Phi) is 5.93. The molecule has 6 nitrogen and oxygen atoms in total. The molecule has 1 saturated heterocycles. The van der Waals surface area contributed by atoms with Gasteiger partial charge in [0.05, 0.1) is 24.8 Å². The number of carbonyl (C=O) groups is 2. The Balaban J connectivity index is 2.10. The molecule has 1 fully saturated rings. The number of nitrogens with zero attached hydrogens (tertiary/aromatic N) is 1. The molecule has 1 aromatic carbocycles. The molecule has 1 aromatic heterocycles. The molecule has 0 bridgehead atoms. The van der Waals surface area contributed by atoms with Crippen LogP contribution in [0.2, 0.25) is 0 Å². The normalized spacial score (nSPS) is 18.9. The van der Waals surface area contributed by atoms with Crippen molar-refractivity contribution in [1.82, 2.24) is 4.90 Å². The zero-order valence-corrected chi connectivity index (χ0v) is 16.0. The van der Waals surface area contributed by atoms with E-state index in [1.807, 2.05) is 24.4 Å². The second kappa shape index (κ2) is 8.37. The van der Waals surface area contributed by atoms with E-state index in [1.165, 1.54) is 23.3 Å². The third-order valence-electron chi connectivity index (χ3n) is 4.31. The number of amides is 1. The molecule has 1 atom stereocenters. The van der Waals surface area contributed by atoms with Gasteiger partial charge in [0.2, 0.25) is 0 Å². The first-order valence-corrected chi connectivity index (χ1v) is 9.50. The number of aliphatic hydroxyl groups excluding tert-OH is 1. The highest BCUT2D eigenvalue weighted by atomic mass is 32.1. The van der Waals surface area contributed by atoms with Gasteiger partial charge in [-0.25, -0.2) is 0 Å². The molecule has 0 radical (unpaired) electrons. The highest BCUT2D eigenvalue weighted by Crippen LogP contribution is 2.41. The standard InChI is InChI=1S/C20H21NO5S/c1-3-26-14-7-4-6-13(12-14)18(22)16-17(15-8-5-11-27-15)21(9-10-25-2)20(24)19(16)23/h4-8,11-12,17,22H,3,9-10H2,1-2H3/t17-/m0/s1. The number of rotatable bonds is 7. The monoisotopic (exact) mass is 387 g/mol. The van der Waals surface area contributed by atoms with Crippen LogP contribution in [-0.4, -0.2) is 48.6 Å². The molecule has 2 heterocycles. The summed E-state index contributed by atoms with van der Waals surface area (Å²) in [7, 11) is 1.54. The van der Waals surface area contributed by atoms with Crippen molar-refractivity contribution < 1.29 is 24.2 Å². The first kappa shape index (κ1) is 19.1. The third-order valence-corrected chi connectivity index (χ3v) is 5.23. The molecule has 0 saturated carbocycles. The van der Waals surface area contributed by atoms with Crippen LogP contribution in [0.5, 0.6) is 5.75 Å². The molecular weight excluding hydrogens is 366 g/mol. The number of likely N-dealkylation sites (tertiary alicyclic amines) is 1. The summed E-state index contributed by atoms with van der Waals surface area (Å²) in [6.07, 6.45) is 0. The maximum atomic E-state index is 12.7. The van der Waals surface area contributed by atoms with Gasteiger partial charge < -0.3 is 19.5 Å².